The SMILES string of the molecule is CCCC1CN(CCc2ccco2)C(CC)CN1. The molecule has 0 amide bonds. The van der Waals surface area contributed by atoms with Gasteiger partial charge in [0, 0.05) is 38.1 Å². The maximum Gasteiger partial charge on any atom is 0.105 e. The number of furan rings is 1. The van der Waals surface area contributed by atoms with Crippen LogP contribution < -0.4 is 5.32 Å². The minimum absolute atomic E-state index is 0.675. The third kappa shape index (κ3) is 3.59. The van der Waals surface area contributed by atoms with E-state index in [4.69, 9.17) is 4.42 Å². The first kappa shape index (κ1) is 13.6. The van der Waals surface area contributed by atoms with Gasteiger partial charge in [0.05, 0.1) is 6.26 Å². The van der Waals surface area contributed by atoms with E-state index in [1.54, 1.807) is 6.26 Å². The van der Waals surface area contributed by atoms with Crippen LogP contribution in [0.4, 0.5) is 0 Å². The maximum atomic E-state index is 5.43. The van der Waals surface area contributed by atoms with Gasteiger partial charge >= 0.3 is 0 Å². The first-order valence-electron chi connectivity index (χ1n) is 7.33. The summed E-state index contributed by atoms with van der Waals surface area (Å²) in [6, 6.07) is 5.42. The Balaban J connectivity index is 1.85. The zero-order valence-corrected chi connectivity index (χ0v) is 11.7. The van der Waals surface area contributed by atoms with Crippen molar-refractivity contribution in [1.82, 2.24) is 10.2 Å². The summed E-state index contributed by atoms with van der Waals surface area (Å²) in [4.78, 5) is 2.64. The van der Waals surface area contributed by atoms with Crippen molar-refractivity contribution in [1.29, 1.82) is 0 Å². The highest BCUT2D eigenvalue weighted by atomic mass is 16.3. The molecule has 1 aliphatic rings. The predicted octanol–water partition coefficient (Wildman–Crippen LogP) is 2.67. The quantitative estimate of drug-likeness (QED) is 0.841. The highest BCUT2D eigenvalue weighted by molar-refractivity contribution is 4.99. The van der Waals surface area contributed by atoms with Gasteiger partial charge < -0.3 is 9.73 Å². The predicted molar refractivity (Wildman–Crippen MR) is 74.8 cm³/mol. The van der Waals surface area contributed by atoms with Crippen molar-refractivity contribution in [2.45, 2.75) is 51.6 Å². The minimum Gasteiger partial charge on any atom is -0.469 e. The molecule has 2 rings (SSSR count). The average Bonchev–Trinajstić information content (AvgIpc) is 2.90. The first-order valence-corrected chi connectivity index (χ1v) is 7.33. The Labute approximate surface area is 111 Å². The van der Waals surface area contributed by atoms with Crippen molar-refractivity contribution in [3.63, 3.8) is 0 Å². The molecule has 2 unspecified atom stereocenters. The molecule has 0 bridgehead atoms. The van der Waals surface area contributed by atoms with E-state index < -0.39 is 0 Å². The summed E-state index contributed by atoms with van der Waals surface area (Å²) in [5.74, 6) is 1.11. The van der Waals surface area contributed by atoms with Crippen LogP contribution in [0, 0.1) is 0 Å². The van der Waals surface area contributed by atoms with Crippen LogP contribution >= 0.6 is 0 Å². The van der Waals surface area contributed by atoms with E-state index in [1.807, 2.05) is 6.07 Å². The van der Waals surface area contributed by atoms with Gasteiger partial charge in [0.1, 0.15) is 5.76 Å². The van der Waals surface area contributed by atoms with E-state index in [-0.39, 0.29) is 0 Å². The minimum atomic E-state index is 0.675. The second-order valence-electron chi connectivity index (χ2n) is 5.28. The Morgan fingerprint density at radius 2 is 2.33 bits per heavy atom. The highest BCUT2D eigenvalue weighted by Gasteiger charge is 2.25. The number of rotatable bonds is 6. The molecule has 1 aromatic heterocycles. The summed E-state index contributed by atoms with van der Waals surface area (Å²) in [5, 5.41) is 3.68. The fourth-order valence-corrected chi connectivity index (χ4v) is 2.86. The molecule has 2 atom stereocenters. The third-order valence-electron chi connectivity index (χ3n) is 3.95. The molecule has 1 aliphatic heterocycles. The van der Waals surface area contributed by atoms with Crippen molar-refractivity contribution >= 4 is 0 Å². The molecule has 0 spiro atoms. The molecule has 0 saturated carbocycles. The molecule has 0 radical (unpaired) electrons. The second-order valence-corrected chi connectivity index (χ2v) is 5.28. The smallest absolute Gasteiger partial charge is 0.105 e. The van der Waals surface area contributed by atoms with Crippen LogP contribution in [0.2, 0.25) is 0 Å². The monoisotopic (exact) mass is 250 g/mol. The fraction of sp³-hybridized carbons (Fsp3) is 0.733. The Bertz CT molecular complexity index is 323. The van der Waals surface area contributed by atoms with Gasteiger partial charge in [-0.3, -0.25) is 4.90 Å². The molecular formula is C15H26N2O. The molecule has 3 nitrogen and oxygen atoms in total. The van der Waals surface area contributed by atoms with Gasteiger partial charge in [-0.15, -0.1) is 0 Å². The van der Waals surface area contributed by atoms with Crippen LogP contribution in [0.5, 0.6) is 0 Å². The normalized spacial score (nSPS) is 25.4. The lowest BCUT2D eigenvalue weighted by molar-refractivity contribution is 0.122. The van der Waals surface area contributed by atoms with Gasteiger partial charge in [-0.25, -0.2) is 0 Å². The molecular weight excluding hydrogens is 224 g/mol. The van der Waals surface area contributed by atoms with Gasteiger partial charge in [0.15, 0.2) is 0 Å². The van der Waals surface area contributed by atoms with Crippen LogP contribution in [0.15, 0.2) is 22.8 Å². The van der Waals surface area contributed by atoms with Crippen molar-refractivity contribution in [3.05, 3.63) is 24.2 Å². The van der Waals surface area contributed by atoms with Crippen molar-refractivity contribution < 1.29 is 4.42 Å². The lowest BCUT2D eigenvalue weighted by Gasteiger charge is -2.40. The van der Waals surface area contributed by atoms with Gasteiger partial charge in [-0.2, -0.15) is 0 Å². The topological polar surface area (TPSA) is 28.4 Å². The Morgan fingerprint density at radius 1 is 1.44 bits per heavy atom. The Morgan fingerprint density at radius 3 is 3.00 bits per heavy atom. The molecule has 1 N–H and O–H groups in total. The third-order valence-corrected chi connectivity index (χ3v) is 3.95. The van der Waals surface area contributed by atoms with Gasteiger partial charge in [0.25, 0.3) is 0 Å². The summed E-state index contributed by atoms with van der Waals surface area (Å²) >= 11 is 0. The number of hydrogen-bond donors (Lipinski definition) is 1. The fourth-order valence-electron chi connectivity index (χ4n) is 2.86. The molecule has 0 aliphatic carbocycles. The van der Waals surface area contributed by atoms with E-state index >= 15 is 0 Å². The zero-order valence-electron chi connectivity index (χ0n) is 11.7. The van der Waals surface area contributed by atoms with E-state index in [1.165, 1.54) is 25.8 Å². The first-order chi connectivity index (χ1) is 8.83. The van der Waals surface area contributed by atoms with Crippen molar-refractivity contribution in [2.24, 2.45) is 0 Å². The maximum absolute atomic E-state index is 5.43. The number of piperazine rings is 1. The standard InChI is InChI=1S/C15H26N2O/c1-3-6-13-12-17(14(4-2)11-16-13)9-8-15-7-5-10-18-15/h5,7,10,13-14,16H,3-4,6,8-9,11-12H2,1-2H3. The molecule has 3 heteroatoms. The van der Waals surface area contributed by atoms with Crippen molar-refractivity contribution in [2.75, 3.05) is 19.6 Å². The highest BCUT2D eigenvalue weighted by Crippen LogP contribution is 2.14. The Kier molecular flexibility index (Phi) is 5.26. The average molecular weight is 250 g/mol. The summed E-state index contributed by atoms with van der Waals surface area (Å²) in [7, 11) is 0. The summed E-state index contributed by atoms with van der Waals surface area (Å²) in [6.07, 6.45) is 6.57. The van der Waals surface area contributed by atoms with Gasteiger partial charge in [-0.1, -0.05) is 20.3 Å². The molecule has 18 heavy (non-hydrogen) atoms. The van der Waals surface area contributed by atoms with Crippen LogP contribution in [0.25, 0.3) is 0 Å². The number of nitrogens with zero attached hydrogens (tertiary/aromatic N) is 1. The molecule has 1 saturated heterocycles. The van der Waals surface area contributed by atoms with Gasteiger partial charge in [-0.05, 0) is 25.0 Å². The van der Waals surface area contributed by atoms with E-state index in [9.17, 15) is 0 Å². The molecule has 2 heterocycles. The van der Waals surface area contributed by atoms with Crippen LogP contribution in [-0.4, -0.2) is 36.6 Å². The molecule has 1 fully saturated rings. The number of hydrogen-bond acceptors (Lipinski definition) is 3. The summed E-state index contributed by atoms with van der Waals surface area (Å²) in [6.45, 7) is 7.99. The van der Waals surface area contributed by atoms with Crippen LogP contribution in [-0.2, 0) is 6.42 Å². The van der Waals surface area contributed by atoms with Crippen LogP contribution in [0.1, 0.15) is 38.9 Å². The lowest BCUT2D eigenvalue weighted by atomic mass is 10.0. The molecule has 1 aromatic rings. The second kappa shape index (κ2) is 6.95. The van der Waals surface area contributed by atoms with Gasteiger partial charge in [0.2, 0.25) is 0 Å². The van der Waals surface area contributed by atoms with E-state index in [2.05, 4.69) is 30.1 Å². The van der Waals surface area contributed by atoms with E-state index in [0.717, 1.165) is 25.3 Å². The largest absolute Gasteiger partial charge is 0.469 e. The van der Waals surface area contributed by atoms with E-state index in [0.29, 0.717) is 12.1 Å². The van der Waals surface area contributed by atoms with Crippen molar-refractivity contribution in [3.8, 4) is 0 Å². The summed E-state index contributed by atoms with van der Waals surface area (Å²) in [5.41, 5.74) is 0. The lowest BCUT2D eigenvalue weighted by Crippen LogP contribution is -2.56. The summed E-state index contributed by atoms with van der Waals surface area (Å²) < 4.78 is 5.43. The van der Waals surface area contributed by atoms with Crippen LogP contribution in [0.3, 0.4) is 0 Å². The molecule has 0 aromatic carbocycles. The number of nitrogens with one attached hydrogen (secondary N) is 1. The molecule has 102 valence electrons. The zero-order chi connectivity index (χ0) is 12.8. The Hall–Kier alpha value is -0.800.